The SMILES string of the molecule is CC.CCCCC(CCC)CCC.CCCCn1cc(C(C)=O)c2c(C)cccc21. The van der Waals surface area contributed by atoms with Crippen LogP contribution in [0.5, 0.6) is 0 Å². The molecule has 2 heteroatoms. The van der Waals surface area contributed by atoms with Crippen molar-refractivity contribution in [3.8, 4) is 0 Å². The van der Waals surface area contributed by atoms with Gasteiger partial charge in [0.25, 0.3) is 0 Å². The van der Waals surface area contributed by atoms with Crippen molar-refractivity contribution in [2.24, 2.45) is 5.92 Å². The first-order valence-corrected chi connectivity index (χ1v) is 12.6. The largest absolute Gasteiger partial charge is 0.347 e. The summed E-state index contributed by atoms with van der Waals surface area (Å²) in [6, 6.07) is 6.23. The van der Waals surface area contributed by atoms with Gasteiger partial charge in [0.2, 0.25) is 0 Å². The number of Topliss-reactive ketones (excluding diaryl/α,β-unsaturated/α-hetero) is 1. The number of fused-ring (bicyclic) bond motifs is 1. The van der Waals surface area contributed by atoms with Gasteiger partial charge < -0.3 is 4.57 Å². The van der Waals surface area contributed by atoms with E-state index in [9.17, 15) is 4.79 Å². The van der Waals surface area contributed by atoms with Gasteiger partial charge in [0, 0.05) is 29.2 Å². The zero-order valence-electron chi connectivity index (χ0n) is 21.3. The second kappa shape index (κ2) is 17.1. The number of ketones is 1. The Labute approximate surface area is 187 Å². The third-order valence-electron chi connectivity index (χ3n) is 5.61. The Hall–Kier alpha value is -1.57. The molecule has 1 aromatic heterocycles. The van der Waals surface area contributed by atoms with Crippen LogP contribution in [0.15, 0.2) is 24.4 Å². The molecule has 0 fully saturated rings. The van der Waals surface area contributed by atoms with E-state index >= 15 is 0 Å². The number of carbonyl (C=O) groups is 1. The number of hydrogen-bond acceptors (Lipinski definition) is 1. The van der Waals surface area contributed by atoms with Crippen molar-refractivity contribution in [3.05, 3.63) is 35.5 Å². The minimum atomic E-state index is 0.152. The molecule has 2 rings (SSSR count). The molecule has 172 valence electrons. The van der Waals surface area contributed by atoms with Crippen molar-refractivity contribution in [3.63, 3.8) is 0 Å². The molecular formula is C28H49NO. The van der Waals surface area contributed by atoms with Crippen molar-refractivity contribution < 1.29 is 4.79 Å². The lowest BCUT2D eigenvalue weighted by molar-refractivity contribution is 0.101. The molecule has 2 nitrogen and oxygen atoms in total. The number of nitrogens with zero attached hydrogens (tertiary/aromatic N) is 1. The van der Waals surface area contributed by atoms with E-state index in [1.165, 1.54) is 62.4 Å². The number of rotatable bonds is 11. The fraction of sp³-hybridized carbons (Fsp3) is 0.679. The van der Waals surface area contributed by atoms with Crippen LogP contribution in [0.4, 0.5) is 0 Å². The summed E-state index contributed by atoms with van der Waals surface area (Å²) in [5.74, 6) is 1.18. The summed E-state index contributed by atoms with van der Waals surface area (Å²) in [5.41, 5.74) is 3.22. The number of benzene rings is 1. The Kier molecular flexibility index (Phi) is 16.2. The monoisotopic (exact) mass is 415 g/mol. The van der Waals surface area contributed by atoms with Gasteiger partial charge in [-0.1, -0.05) is 105 Å². The Morgan fingerprint density at radius 2 is 1.50 bits per heavy atom. The van der Waals surface area contributed by atoms with Crippen LogP contribution in [0.3, 0.4) is 0 Å². The predicted octanol–water partition coefficient (Wildman–Crippen LogP) is 9.37. The van der Waals surface area contributed by atoms with E-state index in [4.69, 9.17) is 0 Å². The molecule has 0 spiro atoms. The maximum Gasteiger partial charge on any atom is 0.161 e. The Morgan fingerprint density at radius 1 is 0.900 bits per heavy atom. The first kappa shape index (κ1) is 28.4. The van der Waals surface area contributed by atoms with Crippen molar-refractivity contribution in [2.75, 3.05) is 0 Å². The standard InChI is InChI=1S/C15H19NO.C11H24.C2H6/c1-4-5-9-16-10-13(12(3)17)15-11(2)7-6-8-14(15)16;1-4-7-10-11(8-5-2)9-6-3;1-2/h6-8,10H,4-5,9H2,1-3H3;11H,4-10H2,1-3H3;1-2H3. The van der Waals surface area contributed by atoms with Crippen molar-refractivity contribution in [1.29, 1.82) is 0 Å². The minimum Gasteiger partial charge on any atom is -0.347 e. The second-order valence-electron chi connectivity index (χ2n) is 8.20. The molecule has 0 amide bonds. The number of carbonyl (C=O) groups excluding carboxylic acids is 1. The smallest absolute Gasteiger partial charge is 0.161 e. The van der Waals surface area contributed by atoms with Crippen LogP contribution in [-0.2, 0) is 6.54 Å². The lowest BCUT2D eigenvalue weighted by atomic mass is 9.93. The van der Waals surface area contributed by atoms with Crippen LogP contribution in [-0.4, -0.2) is 10.4 Å². The van der Waals surface area contributed by atoms with E-state index in [1.807, 2.05) is 20.0 Å². The zero-order chi connectivity index (χ0) is 22.9. The van der Waals surface area contributed by atoms with E-state index in [-0.39, 0.29) is 5.78 Å². The van der Waals surface area contributed by atoms with Crippen molar-refractivity contribution in [2.45, 2.75) is 120 Å². The van der Waals surface area contributed by atoms with E-state index < -0.39 is 0 Å². The summed E-state index contributed by atoms with van der Waals surface area (Å²) in [7, 11) is 0. The van der Waals surface area contributed by atoms with E-state index in [0.717, 1.165) is 29.8 Å². The topological polar surface area (TPSA) is 22.0 Å². The maximum atomic E-state index is 11.7. The summed E-state index contributed by atoms with van der Waals surface area (Å²) in [5, 5.41) is 1.12. The molecule has 2 aromatic rings. The normalized spacial score (nSPS) is 10.4. The zero-order valence-corrected chi connectivity index (χ0v) is 21.3. The average Bonchev–Trinajstić information content (AvgIpc) is 3.13. The van der Waals surface area contributed by atoms with Crippen LogP contribution in [0.2, 0.25) is 0 Å². The maximum absolute atomic E-state index is 11.7. The first-order valence-electron chi connectivity index (χ1n) is 12.6. The second-order valence-corrected chi connectivity index (χ2v) is 8.20. The Bertz CT molecular complexity index is 692. The highest BCUT2D eigenvalue weighted by Crippen LogP contribution is 2.25. The molecule has 0 saturated heterocycles. The molecule has 0 N–H and O–H groups in total. The van der Waals surface area contributed by atoms with E-state index in [1.54, 1.807) is 6.92 Å². The van der Waals surface area contributed by atoms with Gasteiger partial charge >= 0.3 is 0 Å². The van der Waals surface area contributed by atoms with Crippen LogP contribution in [0.25, 0.3) is 10.9 Å². The molecular weight excluding hydrogens is 366 g/mol. The summed E-state index contributed by atoms with van der Waals surface area (Å²) in [6.45, 7) is 17.8. The molecule has 30 heavy (non-hydrogen) atoms. The van der Waals surface area contributed by atoms with Crippen LogP contribution >= 0.6 is 0 Å². The van der Waals surface area contributed by atoms with Gasteiger partial charge in [-0.2, -0.15) is 0 Å². The van der Waals surface area contributed by atoms with Crippen LogP contribution in [0.1, 0.15) is 122 Å². The highest BCUT2D eigenvalue weighted by Gasteiger charge is 2.13. The molecule has 1 heterocycles. The minimum absolute atomic E-state index is 0.152. The predicted molar refractivity (Wildman–Crippen MR) is 136 cm³/mol. The molecule has 0 aliphatic rings. The molecule has 1 aromatic carbocycles. The van der Waals surface area contributed by atoms with Gasteiger partial charge in [-0.05, 0) is 37.8 Å². The fourth-order valence-electron chi connectivity index (χ4n) is 4.05. The molecule has 0 aliphatic heterocycles. The van der Waals surface area contributed by atoms with Gasteiger partial charge in [-0.15, -0.1) is 0 Å². The number of unbranched alkanes of at least 4 members (excludes halogenated alkanes) is 2. The lowest BCUT2D eigenvalue weighted by Crippen LogP contribution is -1.99. The van der Waals surface area contributed by atoms with Gasteiger partial charge in [0.1, 0.15) is 0 Å². The number of aromatic nitrogens is 1. The highest BCUT2D eigenvalue weighted by atomic mass is 16.1. The third-order valence-corrected chi connectivity index (χ3v) is 5.61. The van der Waals surface area contributed by atoms with Crippen molar-refractivity contribution >= 4 is 16.7 Å². The molecule has 0 radical (unpaired) electrons. The number of aryl methyl sites for hydroxylation is 2. The molecule has 0 unspecified atom stereocenters. The summed E-state index contributed by atoms with van der Waals surface area (Å²) in [6.07, 6.45) is 14.2. The fourth-order valence-corrected chi connectivity index (χ4v) is 4.05. The molecule has 0 bridgehead atoms. The highest BCUT2D eigenvalue weighted by molar-refractivity contribution is 6.08. The van der Waals surface area contributed by atoms with E-state index in [2.05, 4.69) is 57.4 Å². The molecule has 0 atom stereocenters. The van der Waals surface area contributed by atoms with Gasteiger partial charge in [-0.25, -0.2) is 0 Å². The summed E-state index contributed by atoms with van der Waals surface area (Å²) >= 11 is 0. The van der Waals surface area contributed by atoms with E-state index in [0.29, 0.717) is 0 Å². The first-order chi connectivity index (χ1) is 14.5. The Balaban J connectivity index is 0.000000565. The summed E-state index contributed by atoms with van der Waals surface area (Å²) < 4.78 is 2.21. The van der Waals surface area contributed by atoms with Crippen LogP contribution in [0, 0.1) is 12.8 Å². The lowest BCUT2D eigenvalue weighted by Gasteiger charge is -2.13. The van der Waals surface area contributed by atoms with Crippen molar-refractivity contribution in [1.82, 2.24) is 4.57 Å². The molecule has 0 aliphatic carbocycles. The summed E-state index contributed by atoms with van der Waals surface area (Å²) in [4.78, 5) is 11.7. The number of hydrogen-bond donors (Lipinski definition) is 0. The van der Waals surface area contributed by atoms with Gasteiger partial charge in [0.05, 0.1) is 0 Å². The Morgan fingerprint density at radius 3 is 2.00 bits per heavy atom. The van der Waals surface area contributed by atoms with Gasteiger partial charge in [0.15, 0.2) is 5.78 Å². The average molecular weight is 416 g/mol. The third kappa shape index (κ3) is 9.49. The quantitative estimate of drug-likeness (QED) is 0.335. The van der Waals surface area contributed by atoms with Gasteiger partial charge in [-0.3, -0.25) is 4.79 Å². The molecule has 0 saturated carbocycles. The van der Waals surface area contributed by atoms with Crippen LogP contribution < -0.4 is 0 Å².